The number of benzene rings is 1. The van der Waals surface area contributed by atoms with Crippen molar-refractivity contribution in [3.05, 3.63) is 42.4 Å². The second-order valence-corrected chi connectivity index (χ2v) is 6.77. The molecule has 0 fully saturated rings. The number of nitrogens with two attached hydrogens (primary N) is 1. The van der Waals surface area contributed by atoms with Crippen LogP contribution in [0.25, 0.3) is 32.9 Å². The highest BCUT2D eigenvalue weighted by molar-refractivity contribution is 6.08. The first-order valence-corrected chi connectivity index (χ1v) is 8.66. The first-order valence-electron chi connectivity index (χ1n) is 8.66. The number of aromatic nitrogens is 4. The molecule has 8 nitrogen and oxygen atoms in total. The summed E-state index contributed by atoms with van der Waals surface area (Å²) in [5.41, 5.74) is 9.91. The van der Waals surface area contributed by atoms with Crippen LogP contribution in [0.5, 0.6) is 0 Å². The van der Waals surface area contributed by atoms with E-state index in [-0.39, 0.29) is 5.91 Å². The van der Waals surface area contributed by atoms with Gasteiger partial charge in [0.1, 0.15) is 5.82 Å². The number of rotatable bonds is 5. The first kappa shape index (κ1) is 17.0. The molecule has 8 heteroatoms. The molecule has 0 aliphatic carbocycles. The number of fused-ring (bicyclic) bond motifs is 2. The maximum atomic E-state index is 12.8. The zero-order valence-corrected chi connectivity index (χ0v) is 15.2. The van der Waals surface area contributed by atoms with Gasteiger partial charge in [-0.05, 0) is 37.9 Å². The molecule has 0 aliphatic rings. The molecule has 138 valence electrons. The van der Waals surface area contributed by atoms with Crippen molar-refractivity contribution in [1.82, 2.24) is 30.4 Å². The minimum Gasteiger partial charge on any atom is -0.384 e. The summed E-state index contributed by atoms with van der Waals surface area (Å²) in [6, 6.07) is 5.72. The Hall–Kier alpha value is -3.39. The monoisotopic (exact) mass is 363 g/mol. The fourth-order valence-electron chi connectivity index (χ4n) is 3.16. The second kappa shape index (κ2) is 6.73. The molecule has 1 amide bonds. The van der Waals surface area contributed by atoms with Gasteiger partial charge in [0.25, 0.3) is 5.91 Å². The summed E-state index contributed by atoms with van der Waals surface area (Å²) in [5, 5.41) is 11.8. The Balaban J connectivity index is 1.78. The molecule has 5 N–H and O–H groups in total. The highest BCUT2D eigenvalue weighted by Gasteiger charge is 2.16. The Bertz CT molecular complexity index is 1130. The average molecular weight is 363 g/mol. The van der Waals surface area contributed by atoms with Crippen LogP contribution in [-0.2, 0) is 0 Å². The van der Waals surface area contributed by atoms with E-state index in [0.29, 0.717) is 17.9 Å². The molecule has 0 unspecified atom stereocenters. The van der Waals surface area contributed by atoms with Crippen LogP contribution in [-0.4, -0.2) is 58.2 Å². The molecule has 0 atom stereocenters. The highest BCUT2D eigenvalue weighted by atomic mass is 16.1. The fourth-order valence-corrected chi connectivity index (χ4v) is 3.16. The smallest absolute Gasteiger partial charge is 0.253 e. The van der Waals surface area contributed by atoms with E-state index < -0.39 is 0 Å². The van der Waals surface area contributed by atoms with Gasteiger partial charge in [0, 0.05) is 35.6 Å². The maximum absolute atomic E-state index is 12.8. The second-order valence-electron chi connectivity index (χ2n) is 6.77. The Morgan fingerprint density at radius 2 is 2.11 bits per heavy atom. The number of hydrogen-bond acceptors (Lipinski definition) is 5. The summed E-state index contributed by atoms with van der Waals surface area (Å²) in [7, 11) is 3.94. The predicted octanol–water partition coefficient (Wildman–Crippen LogP) is 1.98. The third-order valence-electron chi connectivity index (χ3n) is 4.54. The summed E-state index contributed by atoms with van der Waals surface area (Å²) in [6.45, 7) is 1.34. The minimum absolute atomic E-state index is 0.131. The quantitative estimate of drug-likeness (QED) is 0.433. The average Bonchev–Trinajstić information content (AvgIpc) is 3.26. The first-order chi connectivity index (χ1) is 13.0. The molecule has 3 aromatic heterocycles. The van der Waals surface area contributed by atoms with Crippen molar-refractivity contribution in [3.63, 3.8) is 0 Å². The van der Waals surface area contributed by atoms with E-state index in [1.807, 2.05) is 43.4 Å². The van der Waals surface area contributed by atoms with E-state index in [9.17, 15) is 4.79 Å². The van der Waals surface area contributed by atoms with Gasteiger partial charge in [0.05, 0.1) is 29.0 Å². The molecule has 27 heavy (non-hydrogen) atoms. The van der Waals surface area contributed by atoms with Crippen LogP contribution < -0.4 is 11.1 Å². The van der Waals surface area contributed by atoms with Crippen LogP contribution in [0.15, 0.2) is 36.8 Å². The number of carbonyl (C=O) groups excluding carboxylic acids is 1. The van der Waals surface area contributed by atoms with Crippen LogP contribution in [0, 0.1) is 0 Å². The number of amides is 1. The minimum atomic E-state index is -0.131. The fraction of sp³-hybridized carbons (Fsp3) is 0.211. The largest absolute Gasteiger partial charge is 0.384 e. The number of pyridine rings is 1. The lowest BCUT2D eigenvalue weighted by molar-refractivity contribution is 0.0952. The summed E-state index contributed by atoms with van der Waals surface area (Å²) in [6.07, 6.45) is 5.33. The summed E-state index contributed by atoms with van der Waals surface area (Å²) < 4.78 is 0. The lowest BCUT2D eigenvalue weighted by Crippen LogP contribution is -2.31. The number of likely N-dealkylation sites (N-methyl/N-ethyl adjacent to an activating group) is 1. The Morgan fingerprint density at radius 1 is 1.26 bits per heavy atom. The van der Waals surface area contributed by atoms with Crippen molar-refractivity contribution in [1.29, 1.82) is 0 Å². The van der Waals surface area contributed by atoms with Crippen LogP contribution in [0.1, 0.15) is 10.4 Å². The molecular weight excluding hydrogens is 342 g/mol. The Morgan fingerprint density at radius 3 is 2.93 bits per heavy atom. The van der Waals surface area contributed by atoms with E-state index in [0.717, 1.165) is 39.5 Å². The van der Waals surface area contributed by atoms with Crippen molar-refractivity contribution in [2.75, 3.05) is 32.9 Å². The van der Waals surface area contributed by atoms with Crippen molar-refractivity contribution in [3.8, 4) is 11.1 Å². The van der Waals surface area contributed by atoms with Gasteiger partial charge in [0.15, 0.2) is 0 Å². The van der Waals surface area contributed by atoms with Crippen LogP contribution >= 0.6 is 0 Å². The molecule has 0 spiro atoms. The van der Waals surface area contributed by atoms with Crippen molar-refractivity contribution in [2.45, 2.75) is 0 Å². The molecule has 4 rings (SSSR count). The molecule has 0 radical (unpaired) electrons. The van der Waals surface area contributed by atoms with E-state index in [2.05, 4.69) is 25.5 Å². The maximum Gasteiger partial charge on any atom is 0.253 e. The number of aromatic amines is 2. The van der Waals surface area contributed by atoms with E-state index in [4.69, 9.17) is 5.73 Å². The van der Waals surface area contributed by atoms with E-state index in [1.165, 1.54) is 0 Å². The zero-order valence-electron chi connectivity index (χ0n) is 15.2. The van der Waals surface area contributed by atoms with Crippen LogP contribution in [0.3, 0.4) is 0 Å². The van der Waals surface area contributed by atoms with E-state index >= 15 is 0 Å². The third-order valence-corrected chi connectivity index (χ3v) is 4.54. The Labute approximate surface area is 155 Å². The van der Waals surface area contributed by atoms with Gasteiger partial charge in [0.2, 0.25) is 0 Å². The third kappa shape index (κ3) is 3.22. The molecule has 0 bridgehead atoms. The molecule has 0 saturated heterocycles. The SMILES string of the molecule is CN(C)CCNC(=O)c1cc(-c2c[nH]c3cnc(N)cc23)cc2cn[nH]c12. The van der Waals surface area contributed by atoms with Gasteiger partial charge in [-0.2, -0.15) is 5.10 Å². The zero-order chi connectivity index (χ0) is 19.0. The van der Waals surface area contributed by atoms with Gasteiger partial charge in [-0.15, -0.1) is 0 Å². The summed E-state index contributed by atoms with van der Waals surface area (Å²) in [5.74, 6) is 0.323. The predicted molar refractivity (Wildman–Crippen MR) is 106 cm³/mol. The van der Waals surface area contributed by atoms with Gasteiger partial charge in [-0.1, -0.05) is 0 Å². The summed E-state index contributed by atoms with van der Waals surface area (Å²) in [4.78, 5) is 22.1. The number of hydrogen-bond donors (Lipinski definition) is 4. The highest BCUT2D eigenvalue weighted by Crippen LogP contribution is 2.32. The number of anilines is 1. The standard InChI is InChI=1S/C19H21N7O/c1-26(2)4-3-21-19(27)14-6-11(5-12-8-24-25-18(12)14)15-9-22-16-10-23-17(20)7-13(15)16/h5-10,22H,3-4H2,1-2H3,(H2,20,23)(H,21,27)(H,24,25). The van der Waals surface area contributed by atoms with Crippen LogP contribution in [0.4, 0.5) is 5.82 Å². The molecule has 0 aliphatic heterocycles. The molecular formula is C19H21N7O. The number of carbonyl (C=O) groups is 1. The normalized spacial score (nSPS) is 11.5. The lowest BCUT2D eigenvalue weighted by Gasteiger charge is -2.11. The van der Waals surface area contributed by atoms with E-state index in [1.54, 1.807) is 12.4 Å². The molecule has 4 aromatic rings. The van der Waals surface area contributed by atoms with Gasteiger partial charge in [-0.25, -0.2) is 4.98 Å². The number of nitrogens with one attached hydrogen (secondary N) is 3. The number of nitrogen functional groups attached to an aromatic ring is 1. The van der Waals surface area contributed by atoms with Gasteiger partial charge in [-0.3, -0.25) is 9.89 Å². The van der Waals surface area contributed by atoms with Crippen molar-refractivity contribution >= 4 is 33.5 Å². The van der Waals surface area contributed by atoms with Crippen LogP contribution in [0.2, 0.25) is 0 Å². The van der Waals surface area contributed by atoms with Crippen molar-refractivity contribution in [2.24, 2.45) is 0 Å². The lowest BCUT2D eigenvalue weighted by atomic mass is 10.00. The number of nitrogens with zero attached hydrogens (tertiary/aromatic N) is 3. The molecule has 3 heterocycles. The topological polar surface area (TPSA) is 116 Å². The van der Waals surface area contributed by atoms with Crippen molar-refractivity contribution < 1.29 is 4.79 Å². The molecule has 1 aromatic carbocycles. The Kier molecular flexibility index (Phi) is 4.25. The molecule has 0 saturated carbocycles. The summed E-state index contributed by atoms with van der Waals surface area (Å²) >= 11 is 0. The van der Waals surface area contributed by atoms with Gasteiger partial charge >= 0.3 is 0 Å². The number of H-pyrrole nitrogens is 2. The van der Waals surface area contributed by atoms with Gasteiger partial charge < -0.3 is 20.9 Å².